The second-order valence-electron chi connectivity index (χ2n) is 7.42. The molecule has 0 fully saturated rings. The van der Waals surface area contributed by atoms with E-state index in [0.29, 0.717) is 17.9 Å². The maximum atomic E-state index is 12.3. The number of nitrogens with zero attached hydrogens (tertiary/aromatic N) is 2. The summed E-state index contributed by atoms with van der Waals surface area (Å²) in [4.78, 5) is 28.6. The van der Waals surface area contributed by atoms with E-state index in [0.717, 1.165) is 55.2 Å². The van der Waals surface area contributed by atoms with Crippen LogP contribution in [0.2, 0.25) is 0 Å². The molecular weight excluding hydrogens is 370 g/mol. The van der Waals surface area contributed by atoms with Gasteiger partial charge in [-0.15, -0.1) is 0 Å². The van der Waals surface area contributed by atoms with Crippen LogP contribution in [-0.4, -0.2) is 28.1 Å². The fraction of sp³-hybridized carbons (Fsp3) is 0.409. The van der Waals surface area contributed by atoms with Crippen molar-refractivity contribution in [1.82, 2.24) is 14.9 Å². The fourth-order valence-electron chi connectivity index (χ4n) is 3.79. The Morgan fingerprint density at radius 3 is 2.93 bits per heavy atom. The van der Waals surface area contributed by atoms with Crippen LogP contribution in [-0.2, 0) is 24.2 Å². The van der Waals surface area contributed by atoms with Crippen LogP contribution in [0.25, 0.3) is 11.0 Å². The van der Waals surface area contributed by atoms with Crippen LogP contribution in [0, 0.1) is 0 Å². The highest BCUT2D eigenvalue weighted by molar-refractivity contribution is 5.83. The molecule has 0 bridgehead atoms. The van der Waals surface area contributed by atoms with Crippen molar-refractivity contribution >= 4 is 16.9 Å². The molecule has 2 heterocycles. The zero-order valence-electron chi connectivity index (χ0n) is 16.5. The number of benzene rings is 1. The number of carbonyl (C=O) groups excluding carboxylic acids is 1. The molecule has 3 aromatic rings. The highest BCUT2D eigenvalue weighted by atomic mass is 16.5. The highest BCUT2D eigenvalue weighted by Gasteiger charge is 2.19. The summed E-state index contributed by atoms with van der Waals surface area (Å²) in [7, 11) is 0. The van der Waals surface area contributed by atoms with Crippen molar-refractivity contribution < 1.29 is 13.9 Å². The summed E-state index contributed by atoms with van der Waals surface area (Å²) < 4.78 is 13.3. The predicted octanol–water partition coefficient (Wildman–Crippen LogP) is 2.84. The van der Waals surface area contributed by atoms with Gasteiger partial charge in [0.1, 0.15) is 11.3 Å². The molecule has 0 saturated carbocycles. The number of rotatable bonds is 7. The number of aryl methyl sites for hydroxylation is 2. The first-order chi connectivity index (χ1) is 14.1. The second-order valence-corrected chi connectivity index (χ2v) is 7.42. The number of hydrogen-bond acceptors (Lipinski definition) is 5. The van der Waals surface area contributed by atoms with Gasteiger partial charge in [0.15, 0.2) is 6.10 Å². The van der Waals surface area contributed by atoms with Crippen LogP contribution >= 0.6 is 0 Å². The van der Waals surface area contributed by atoms with Crippen molar-refractivity contribution in [3.05, 3.63) is 58.5 Å². The number of nitrogens with one attached hydrogen (secondary N) is 1. The predicted molar refractivity (Wildman–Crippen MR) is 109 cm³/mol. The molecule has 1 atom stereocenters. The molecular formula is C22H25N3O4. The van der Waals surface area contributed by atoms with Gasteiger partial charge in [0, 0.05) is 42.5 Å². The molecule has 0 aliphatic heterocycles. The second kappa shape index (κ2) is 8.51. The van der Waals surface area contributed by atoms with E-state index in [-0.39, 0.29) is 11.5 Å². The molecule has 0 radical (unpaired) electrons. The summed E-state index contributed by atoms with van der Waals surface area (Å²) >= 11 is 0. The summed E-state index contributed by atoms with van der Waals surface area (Å²) in [5.41, 5.74) is 2.16. The zero-order chi connectivity index (χ0) is 20.2. The quantitative estimate of drug-likeness (QED) is 0.491. The molecule has 2 aromatic heterocycles. The summed E-state index contributed by atoms with van der Waals surface area (Å²) in [5.74, 6) is 0.333. The Morgan fingerprint density at radius 2 is 2.14 bits per heavy atom. The number of fused-ring (bicyclic) bond motifs is 3. The normalized spacial score (nSPS) is 14.4. The van der Waals surface area contributed by atoms with Crippen molar-refractivity contribution in [1.29, 1.82) is 0 Å². The minimum absolute atomic E-state index is 0.178. The van der Waals surface area contributed by atoms with Gasteiger partial charge in [0.05, 0.1) is 6.33 Å². The van der Waals surface area contributed by atoms with Crippen LogP contribution in [0.3, 0.4) is 0 Å². The molecule has 152 valence electrons. The molecule has 4 rings (SSSR count). The minimum Gasteiger partial charge on any atom is -0.481 e. The molecule has 7 heteroatoms. The lowest BCUT2D eigenvalue weighted by Gasteiger charge is -2.18. The average molecular weight is 395 g/mol. The molecule has 29 heavy (non-hydrogen) atoms. The van der Waals surface area contributed by atoms with Crippen molar-refractivity contribution in [2.75, 3.05) is 6.54 Å². The van der Waals surface area contributed by atoms with Gasteiger partial charge in [0.25, 0.3) is 5.91 Å². The van der Waals surface area contributed by atoms with Crippen molar-refractivity contribution in [3.63, 3.8) is 0 Å². The average Bonchev–Trinajstić information content (AvgIpc) is 3.24. The fourth-order valence-corrected chi connectivity index (χ4v) is 3.79. The lowest BCUT2D eigenvalue weighted by atomic mass is 9.91. The first kappa shape index (κ1) is 19.2. The first-order valence-corrected chi connectivity index (χ1v) is 10.1. The highest BCUT2D eigenvalue weighted by Crippen LogP contribution is 2.29. The topological polar surface area (TPSA) is 86.4 Å². The van der Waals surface area contributed by atoms with Crippen LogP contribution < -0.4 is 15.7 Å². The Kier molecular flexibility index (Phi) is 5.64. The van der Waals surface area contributed by atoms with Gasteiger partial charge in [-0.05, 0) is 56.7 Å². The monoisotopic (exact) mass is 395 g/mol. The third-order valence-corrected chi connectivity index (χ3v) is 5.33. The smallest absolute Gasteiger partial charge is 0.339 e. The van der Waals surface area contributed by atoms with Crippen molar-refractivity contribution in [3.8, 4) is 5.75 Å². The van der Waals surface area contributed by atoms with Gasteiger partial charge in [-0.25, -0.2) is 9.78 Å². The molecule has 1 amide bonds. The number of carbonyl (C=O) groups is 1. The van der Waals surface area contributed by atoms with E-state index in [2.05, 4.69) is 10.3 Å². The molecule has 7 nitrogen and oxygen atoms in total. The number of amides is 1. The maximum Gasteiger partial charge on any atom is 0.339 e. The Balaban J connectivity index is 1.38. The molecule has 0 unspecified atom stereocenters. The number of imidazole rings is 1. The van der Waals surface area contributed by atoms with Crippen molar-refractivity contribution in [2.24, 2.45) is 0 Å². The van der Waals surface area contributed by atoms with E-state index in [1.54, 1.807) is 25.5 Å². The largest absolute Gasteiger partial charge is 0.481 e. The number of ether oxygens (including phenoxy) is 1. The number of aromatic nitrogens is 2. The Labute approximate surface area is 168 Å². The third-order valence-electron chi connectivity index (χ3n) is 5.33. The van der Waals surface area contributed by atoms with E-state index < -0.39 is 6.10 Å². The van der Waals surface area contributed by atoms with Crippen LogP contribution in [0.4, 0.5) is 0 Å². The summed E-state index contributed by atoms with van der Waals surface area (Å²) in [6, 6.07) is 5.46. The Morgan fingerprint density at radius 1 is 1.31 bits per heavy atom. The number of hydrogen-bond donors (Lipinski definition) is 1. The van der Waals surface area contributed by atoms with E-state index in [9.17, 15) is 9.59 Å². The van der Waals surface area contributed by atoms with E-state index in [1.165, 1.54) is 0 Å². The summed E-state index contributed by atoms with van der Waals surface area (Å²) in [6.07, 6.45) is 9.33. The van der Waals surface area contributed by atoms with E-state index in [4.69, 9.17) is 9.15 Å². The molecule has 0 saturated heterocycles. The van der Waals surface area contributed by atoms with Gasteiger partial charge in [-0.2, -0.15) is 0 Å². The van der Waals surface area contributed by atoms with Crippen LogP contribution in [0.15, 0.2) is 46.1 Å². The maximum absolute atomic E-state index is 12.3. The van der Waals surface area contributed by atoms with Crippen LogP contribution in [0.1, 0.15) is 37.3 Å². The molecule has 1 N–H and O–H groups in total. The molecule has 1 aromatic carbocycles. The lowest BCUT2D eigenvalue weighted by molar-refractivity contribution is -0.127. The third kappa shape index (κ3) is 4.34. The Bertz CT molecular complexity index is 1060. The first-order valence-electron chi connectivity index (χ1n) is 10.1. The van der Waals surface area contributed by atoms with Crippen molar-refractivity contribution in [2.45, 2.75) is 51.7 Å². The Hall–Kier alpha value is -3.09. The van der Waals surface area contributed by atoms with Gasteiger partial charge in [-0.1, -0.05) is 0 Å². The van der Waals surface area contributed by atoms with Gasteiger partial charge >= 0.3 is 5.63 Å². The van der Waals surface area contributed by atoms with E-state index in [1.807, 2.05) is 22.9 Å². The van der Waals surface area contributed by atoms with Gasteiger partial charge < -0.3 is 19.0 Å². The van der Waals surface area contributed by atoms with Gasteiger partial charge in [0.2, 0.25) is 0 Å². The lowest BCUT2D eigenvalue weighted by Crippen LogP contribution is -2.37. The SMILES string of the molecule is C[C@H](Oc1ccc2c3c(c(=O)oc2c1)CCCC3)C(=O)NCCCn1ccnc1. The summed E-state index contributed by atoms with van der Waals surface area (Å²) in [6.45, 7) is 3.06. The van der Waals surface area contributed by atoms with Crippen LogP contribution in [0.5, 0.6) is 5.75 Å². The van der Waals surface area contributed by atoms with E-state index >= 15 is 0 Å². The zero-order valence-corrected chi connectivity index (χ0v) is 16.5. The molecule has 1 aliphatic carbocycles. The standard InChI is InChI=1S/C22H25N3O4/c1-15(21(26)24-9-4-11-25-12-10-23-14-25)28-16-7-8-18-17-5-2-3-6-19(17)22(27)29-20(18)13-16/h7-8,10,12-15H,2-6,9,11H2,1H3,(H,24,26)/t15-/m0/s1. The minimum atomic E-state index is -0.648. The molecule has 0 spiro atoms. The van der Waals surface area contributed by atoms with Gasteiger partial charge in [-0.3, -0.25) is 4.79 Å². The summed E-state index contributed by atoms with van der Waals surface area (Å²) in [5, 5.41) is 3.84. The molecule has 1 aliphatic rings.